The van der Waals surface area contributed by atoms with E-state index in [2.05, 4.69) is 10.3 Å². The molecular weight excluding hydrogens is 323 g/mol. The fourth-order valence-electron chi connectivity index (χ4n) is 2.31. The van der Waals surface area contributed by atoms with Crippen molar-refractivity contribution in [3.63, 3.8) is 0 Å². The van der Waals surface area contributed by atoms with Crippen molar-refractivity contribution in [1.82, 2.24) is 15.2 Å². The number of hydrogen-bond donors (Lipinski definition) is 2. The van der Waals surface area contributed by atoms with Gasteiger partial charge in [-0.3, -0.25) is 4.79 Å². The molecule has 0 unspecified atom stereocenters. The van der Waals surface area contributed by atoms with Crippen LogP contribution in [0.4, 0.5) is 18.0 Å². The van der Waals surface area contributed by atoms with Crippen LogP contribution < -0.4 is 5.32 Å². The van der Waals surface area contributed by atoms with E-state index in [1.807, 2.05) is 0 Å². The van der Waals surface area contributed by atoms with Crippen molar-refractivity contribution in [2.75, 3.05) is 13.1 Å². The summed E-state index contributed by atoms with van der Waals surface area (Å²) in [6.07, 6.45) is -3.07. The monoisotopic (exact) mass is 337 g/mol. The molecule has 22 heavy (non-hydrogen) atoms. The van der Waals surface area contributed by atoms with Crippen LogP contribution in [0.15, 0.2) is 6.20 Å². The molecule has 1 aliphatic rings. The van der Waals surface area contributed by atoms with Crippen LogP contribution in [-0.2, 0) is 11.3 Å². The molecule has 10 heteroatoms. The Morgan fingerprint density at radius 1 is 1.50 bits per heavy atom. The molecule has 2 amide bonds. The van der Waals surface area contributed by atoms with E-state index in [-0.39, 0.29) is 6.54 Å². The van der Waals surface area contributed by atoms with Gasteiger partial charge in [0, 0.05) is 24.2 Å². The molecule has 1 aromatic heterocycles. The van der Waals surface area contributed by atoms with E-state index in [1.54, 1.807) is 13.1 Å². The molecule has 2 atom stereocenters. The highest BCUT2D eigenvalue weighted by molar-refractivity contribution is 7.11. The first-order valence-electron chi connectivity index (χ1n) is 6.42. The number of aromatic nitrogens is 1. The van der Waals surface area contributed by atoms with Crippen molar-refractivity contribution in [1.29, 1.82) is 0 Å². The summed E-state index contributed by atoms with van der Waals surface area (Å²) in [5.41, 5.74) is 0. The third-order valence-electron chi connectivity index (χ3n) is 3.43. The summed E-state index contributed by atoms with van der Waals surface area (Å²) >= 11 is 1.36. The van der Waals surface area contributed by atoms with Crippen molar-refractivity contribution in [2.45, 2.75) is 19.6 Å². The normalized spacial score (nSPS) is 21.9. The summed E-state index contributed by atoms with van der Waals surface area (Å²) < 4.78 is 38.5. The van der Waals surface area contributed by atoms with Gasteiger partial charge in [0.05, 0.1) is 23.4 Å². The SMILES string of the molecule is Cc1ncc(CNC(=O)N2C[C@@H](C(F)(F)F)[C@H](C(=O)O)C2)s1. The summed E-state index contributed by atoms with van der Waals surface area (Å²) in [6, 6.07) is -0.705. The maximum atomic E-state index is 12.8. The van der Waals surface area contributed by atoms with Crippen LogP contribution in [0.25, 0.3) is 0 Å². The second kappa shape index (κ2) is 6.11. The van der Waals surface area contributed by atoms with Gasteiger partial charge in [0.15, 0.2) is 0 Å². The van der Waals surface area contributed by atoms with Gasteiger partial charge >= 0.3 is 18.2 Å². The highest BCUT2D eigenvalue weighted by atomic mass is 32.1. The Hall–Kier alpha value is -1.84. The van der Waals surface area contributed by atoms with Crippen LogP contribution in [-0.4, -0.2) is 46.3 Å². The van der Waals surface area contributed by atoms with E-state index < -0.39 is 43.1 Å². The van der Waals surface area contributed by atoms with Crippen LogP contribution in [0, 0.1) is 18.8 Å². The molecule has 0 aromatic carbocycles. The number of halogens is 3. The largest absolute Gasteiger partial charge is 0.481 e. The van der Waals surface area contributed by atoms with Gasteiger partial charge in [-0.15, -0.1) is 11.3 Å². The fraction of sp³-hybridized carbons (Fsp3) is 0.583. The number of hydrogen-bond acceptors (Lipinski definition) is 4. The number of likely N-dealkylation sites (tertiary alicyclic amines) is 1. The average Bonchev–Trinajstić information content (AvgIpc) is 3.01. The molecule has 2 heterocycles. The Bertz CT molecular complexity index is 575. The molecule has 122 valence electrons. The molecule has 0 spiro atoms. The molecule has 1 aliphatic heterocycles. The van der Waals surface area contributed by atoms with Gasteiger partial charge in [-0.25, -0.2) is 9.78 Å². The number of thiazole rings is 1. The van der Waals surface area contributed by atoms with Crippen molar-refractivity contribution in [3.8, 4) is 0 Å². The van der Waals surface area contributed by atoms with Gasteiger partial charge < -0.3 is 15.3 Å². The number of aliphatic carboxylic acids is 1. The number of carbonyl (C=O) groups excluding carboxylic acids is 1. The van der Waals surface area contributed by atoms with E-state index in [0.29, 0.717) is 0 Å². The second-order valence-electron chi connectivity index (χ2n) is 5.00. The van der Waals surface area contributed by atoms with Crippen LogP contribution in [0.1, 0.15) is 9.88 Å². The Morgan fingerprint density at radius 2 is 2.18 bits per heavy atom. The first-order chi connectivity index (χ1) is 10.2. The molecule has 0 radical (unpaired) electrons. The minimum absolute atomic E-state index is 0.148. The quantitative estimate of drug-likeness (QED) is 0.882. The molecular formula is C12H14F3N3O3S. The zero-order chi connectivity index (χ0) is 16.5. The van der Waals surface area contributed by atoms with E-state index in [4.69, 9.17) is 5.11 Å². The number of rotatable bonds is 3. The van der Waals surface area contributed by atoms with Gasteiger partial charge in [-0.1, -0.05) is 0 Å². The van der Waals surface area contributed by atoms with Gasteiger partial charge in [0.1, 0.15) is 0 Å². The first-order valence-corrected chi connectivity index (χ1v) is 7.23. The molecule has 1 fully saturated rings. The predicted octanol–water partition coefficient (Wildman–Crippen LogP) is 1.86. The number of urea groups is 1. The van der Waals surface area contributed by atoms with E-state index >= 15 is 0 Å². The Kier molecular flexibility index (Phi) is 4.59. The lowest BCUT2D eigenvalue weighted by Gasteiger charge is -2.18. The average molecular weight is 337 g/mol. The first kappa shape index (κ1) is 16.5. The van der Waals surface area contributed by atoms with Crippen LogP contribution >= 0.6 is 11.3 Å². The maximum Gasteiger partial charge on any atom is 0.394 e. The molecule has 0 bridgehead atoms. The highest BCUT2D eigenvalue weighted by Gasteiger charge is 2.53. The minimum Gasteiger partial charge on any atom is -0.481 e. The number of nitrogens with one attached hydrogen (secondary N) is 1. The minimum atomic E-state index is -4.65. The van der Waals surface area contributed by atoms with E-state index in [1.165, 1.54) is 11.3 Å². The molecule has 2 N–H and O–H groups in total. The topological polar surface area (TPSA) is 82.5 Å². The zero-order valence-electron chi connectivity index (χ0n) is 11.6. The van der Waals surface area contributed by atoms with Crippen LogP contribution in [0.3, 0.4) is 0 Å². The molecule has 1 aromatic rings. The third-order valence-corrected chi connectivity index (χ3v) is 4.34. The summed E-state index contributed by atoms with van der Waals surface area (Å²) in [6.45, 7) is 0.845. The van der Waals surface area contributed by atoms with Crippen molar-refractivity contribution in [2.24, 2.45) is 11.8 Å². The van der Waals surface area contributed by atoms with E-state index in [9.17, 15) is 22.8 Å². The van der Waals surface area contributed by atoms with Gasteiger partial charge in [-0.2, -0.15) is 13.2 Å². The van der Waals surface area contributed by atoms with Gasteiger partial charge in [0.2, 0.25) is 0 Å². The Morgan fingerprint density at radius 3 is 2.64 bits per heavy atom. The number of amides is 2. The van der Waals surface area contributed by atoms with E-state index in [0.717, 1.165) is 14.8 Å². The second-order valence-corrected chi connectivity index (χ2v) is 6.32. The van der Waals surface area contributed by atoms with Crippen molar-refractivity contribution >= 4 is 23.3 Å². The van der Waals surface area contributed by atoms with Crippen molar-refractivity contribution < 1.29 is 27.9 Å². The summed E-state index contributed by atoms with van der Waals surface area (Å²) in [4.78, 5) is 28.5. The summed E-state index contributed by atoms with van der Waals surface area (Å²) in [5.74, 6) is -5.21. The Balaban J connectivity index is 1.97. The number of carboxylic acids is 1. The van der Waals surface area contributed by atoms with Crippen LogP contribution in [0.5, 0.6) is 0 Å². The predicted molar refractivity (Wildman–Crippen MR) is 71.3 cm³/mol. The Labute approximate surface area is 127 Å². The molecule has 0 saturated carbocycles. The van der Waals surface area contributed by atoms with Crippen molar-refractivity contribution in [3.05, 3.63) is 16.1 Å². The number of alkyl halides is 3. The number of carbonyl (C=O) groups is 2. The zero-order valence-corrected chi connectivity index (χ0v) is 12.4. The lowest BCUT2D eigenvalue weighted by molar-refractivity contribution is -0.187. The molecule has 6 nitrogen and oxygen atoms in total. The molecule has 2 rings (SSSR count). The van der Waals surface area contributed by atoms with Gasteiger partial charge in [0.25, 0.3) is 0 Å². The van der Waals surface area contributed by atoms with Gasteiger partial charge in [-0.05, 0) is 6.92 Å². The highest BCUT2D eigenvalue weighted by Crippen LogP contribution is 2.37. The summed E-state index contributed by atoms with van der Waals surface area (Å²) in [5, 5.41) is 12.2. The standard InChI is InChI=1S/C12H14F3N3O3S/c1-6-16-2-7(22-6)3-17-11(21)18-4-8(10(19)20)9(5-18)12(13,14)15/h2,8-9H,3-5H2,1H3,(H,17,21)(H,19,20)/t8-,9-/m1/s1. The number of nitrogens with zero attached hydrogens (tertiary/aromatic N) is 2. The molecule has 0 aliphatic carbocycles. The maximum absolute atomic E-state index is 12.8. The lowest BCUT2D eigenvalue weighted by Crippen LogP contribution is -2.39. The van der Waals surface area contributed by atoms with Crippen LogP contribution in [0.2, 0.25) is 0 Å². The smallest absolute Gasteiger partial charge is 0.394 e. The fourth-order valence-corrected chi connectivity index (χ4v) is 3.05. The summed E-state index contributed by atoms with van der Waals surface area (Å²) in [7, 11) is 0. The lowest BCUT2D eigenvalue weighted by atomic mass is 9.96. The third kappa shape index (κ3) is 3.67. The number of carboxylic acid groups (broad SMARTS) is 1. The molecule has 1 saturated heterocycles. The number of aryl methyl sites for hydroxylation is 1.